The fourth-order valence-corrected chi connectivity index (χ4v) is 7.70. The molecule has 3 aliphatic rings. The summed E-state index contributed by atoms with van der Waals surface area (Å²) in [7, 11) is 8.70. The van der Waals surface area contributed by atoms with E-state index in [1.54, 1.807) is 17.2 Å². The van der Waals surface area contributed by atoms with Gasteiger partial charge in [-0.05, 0) is 67.3 Å². The zero-order valence-corrected chi connectivity index (χ0v) is 25.0. The molecule has 4 rings (SSSR count). The molecule has 1 aromatic rings. The molecule has 0 bridgehead atoms. The second kappa shape index (κ2) is 13.6. The zero-order valence-electron chi connectivity index (χ0n) is 20.0. The van der Waals surface area contributed by atoms with Gasteiger partial charge in [-0.25, -0.2) is 0 Å². The first-order valence-corrected chi connectivity index (χ1v) is 21.3. The quantitative estimate of drug-likeness (QED) is 0.261. The third kappa shape index (κ3) is 7.46. The number of fused-ring (bicyclic) bond motifs is 1. The summed E-state index contributed by atoms with van der Waals surface area (Å²) in [6.45, 7) is 7.38. The van der Waals surface area contributed by atoms with Gasteiger partial charge in [0.05, 0.1) is 8.07 Å². The Labute approximate surface area is 208 Å². The molecule has 3 saturated carbocycles. The number of hydrogen-bond acceptors (Lipinski definition) is 0. The van der Waals surface area contributed by atoms with Crippen molar-refractivity contribution in [3.8, 4) is 0 Å². The van der Waals surface area contributed by atoms with Crippen molar-refractivity contribution in [2.75, 3.05) is 0 Å². The molecule has 3 aliphatic carbocycles. The van der Waals surface area contributed by atoms with Gasteiger partial charge in [-0.3, -0.25) is 0 Å². The van der Waals surface area contributed by atoms with Crippen LogP contribution in [0.1, 0.15) is 75.7 Å². The maximum atomic E-state index is 4.93. The Morgan fingerprint density at radius 2 is 1.40 bits per heavy atom. The van der Waals surface area contributed by atoms with Gasteiger partial charge in [-0.2, -0.15) is 0 Å². The third-order valence-corrected chi connectivity index (χ3v) is 9.98. The van der Waals surface area contributed by atoms with E-state index in [0.29, 0.717) is 0 Å². The molecule has 0 amide bonds. The van der Waals surface area contributed by atoms with E-state index in [1.165, 1.54) is 57.8 Å². The minimum atomic E-state index is -1.16. The summed E-state index contributed by atoms with van der Waals surface area (Å²) in [5, 5.41) is 1.62. The van der Waals surface area contributed by atoms with Crippen LogP contribution in [0.5, 0.6) is 0 Å². The Balaban J connectivity index is 0.000000851. The molecule has 0 radical (unpaired) electrons. The van der Waals surface area contributed by atoms with Gasteiger partial charge in [-0.1, -0.05) is 81.2 Å². The summed E-state index contributed by atoms with van der Waals surface area (Å²) >= 11 is -0.826. The first-order chi connectivity index (χ1) is 13.4. The standard InChI is InChI=1S/C24H38Si.2CH3.2ClH.Zr/c1-25(2,3)21-14-11-19(12-15-21)22-9-6-10-23-20(13-16-24(22)23)17-18-7-4-5-8-18;;;;;/h11-12,14-15,18,20,22-24H,4-10,13,16-17H2,1-3H3;2*1H3;2*1H;/q;2*-1;;;+4/p-2. The molecule has 0 aromatic heterocycles. The Kier molecular flexibility index (Phi) is 13.1. The minimum absolute atomic E-state index is 0. The molecule has 4 heteroatoms. The van der Waals surface area contributed by atoms with Gasteiger partial charge in [0, 0.05) is 0 Å². The molecule has 0 saturated heterocycles. The van der Waals surface area contributed by atoms with Crippen LogP contribution in [0.3, 0.4) is 0 Å². The van der Waals surface area contributed by atoms with Crippen LogP contribution in [0.25, 0.3) is 0 Å². The van der Waals surface area contributed by atoms with Gasteiger partial charge in [0.25, 0.3) is 0 Å². The van der Waals surface area contributed by atoms with Gasteiger partial charge < -0.3 is 14.9 Å². The number of halogens is 2. The average Bonchev–Trinajstić information content (AvgIpc) is 3.32. The van der Waals surface area contributed by atoms with Gasteiger partial charge in [0.15, 0.2) is 0 Å². The van der Waals surface area contributed by atoms with E-state index in [1.807, 2.05) is 0 Å². The van der Waals surface area contributed by atoms with E-state index in [9.17, 15) is 0 Å². The van der Waals surface area contributed by atoms with Crippen molar-refractivity contribution in [1.29, 1.82) is 0 Å². The summed E-state index contributed by atoms with van der Waals surface area (Å²) < 4.78 is 0. The van der Waals surface area contributed by atoms with Crippen molar-refractivity contribution >= 4 is 30.3 Å². The molecule has 4 atom stereocenters. The molecular weight excluding hydrogens is 503 g/mol. The summed E-state index contributed by atoms with van der Waals surface area (Å²) in [4.78, 5) is 0. The molecule has 170 valence electrons. The van der Waals surface area contributed by atoms with Crippen LogP contribution in [0, 0.1) is 38.5 Å². The van der Waals surface area contributed by atoms with Crippen LogP contribution in [-0.4, -0.2) is 8.07 Å². The Hall–Kier alpha value is 0.900. The SMILES string of the molecule is C[Si](C)(C)c1ccc(C2CCCC3C(CC4CCCC4)CCC23)cc1.[CH3-].[CH3-].[Cl][Zr+2][Cl]. The van der Waals surface area contributed by atoms with Crippen molar-refractivity contribution in [2.24, 2.45) is 23.7 Å². The summed E-state index contributed by atoms with van der Waals surface area (Å²) in [6, 6.07) is 9.95. The van der Waals surface area contributed by atoms with E-state index in [0.717, 1.165) is 29.6 Å². The normalized spacial score (nSPS) is 28.3. The van der Waals surface area contributed by atoms with Gasteiger partial charge >= 0.3 is 37.9 Å². The number of benzene rings is 1. The van der Waals surface area contributed by atoms with Gasteiger partial charge in [-0.15, -0.1) is 0 Å². The monoisotopic (exact) mass is 544 g/mol. The Morgan fingerprint density at radius 3 is 1.97 bits per heavy atom. The van der Waals surface area contributed by atoms with Crippen LogP contribution in [0.4, 0.5) is 0 Å². The second-order valence-electron chi connectivity index (χ2n) is 10.5. The van der Waals surface area contributed by atoms with E-state index in [2.05, 4.69) is 43.9 Å². The first kappa shape index (κ1) is 28.9. The molecule has 0 heterocycles. The van der Waals surface area contributed by atoms with Gasteiger partial charge in [0.1, 0.15) is 0 Å². The van der Waals surface area contributed by atoms with E-state index >= 15 is 0 Å². The molecule has 30 heavy (non-hydrogen) atoms. The third-order valence-electron chi connectivity index (χ3n) is 7.91. The summed E-state index contributed by atoms with van der Waals surface area (Å²) in [5.41, 5.74) is 1.67. The molecule has 3 fully saturated rings. The molecule has 4 unspecified atom stereocenters. The molecule has 0 spiro atoms. The van der Waals surface area contributed by atoms with Crippen LogP contribution in [0.15, 0.2) is 24.3 Å². The zero-order chi connectivity index (χ0) is 20.1. The summed E-state index contributed by atoms with van der Waals surface area (Å²) in [6.07, 6.45) is 15.2. The fourth-order valence-electron chi connectivity index (χ4n) is 6.53. The fraction of sp³-hybridized carbons (Fsp3) is 0.692. The number of hydrogen-bond donors (Lipinski definition) is 0. The van der Waals surface area contributed by atoms with Crippen molar-refractivity contribution in [3.05, 3.63) is 44.7 Å². The van der Waals surface area contributed by atoms with Crippen LogP contribution in [-0.2, 0) is 20.8 Å². The van der Waals surface area contributed by atoms with E-state index in [-0.39, 0.29) is 14.9 Å². The predicted octanol–water partition coefficient (Wildman–Crippen LogP) is 9.00. The van der Waals surface area contributed by atoms with Crippen LogP contribution >= 0.6 is 17.0 Å². The van der Waals surface area contributed by atoms with Crippen molar-refractivity contribution in [2.45, 2.75) is 89.8 Å². The van der Waals surface area contributed by atoms with Crippen LogP contribution < -0.4 is 5.19 Å². The first-order valence-electron chi connectivity index (χ1n) is 11.5. The molecular formula is C26H44Cl2SiZr. The van der Waals surface area contributed by atoms with Crippen molar-refractivity contribution in [1.82, 2.24) is 0 Å². The molecule has 0 nitrogen and oxygen atoms in total. The van der Waals surface area contributed by atoms with Crippen molar-refractivity contribution < 1.29 is 20.8 Å². The van der Waals surface area contributed by atoms with E-state index in [4.69, 9.17) is 17.0 Å². The number of rotatable bonds is 4. The predicted molar refractivity (Wildman–Crippen MR) is 137 cm³/mol. The molecule has 0 N–H and O–H groups in total. The van der Waals surface area contributed by atoms with E-state index < -0.39 is 28.9 Å². The average molecular weight is 547 g/mol. The molecule has 1 aromatic carbocycles. The topological polar surface area (TPSA) is 0 Å². The maximum absolute atomic E-state index is 4.93. The molecule has 0 aliphatic heterocycles. The van der Waals surface area contributed by atoms with Crippen molar-refractivity contribution in [3.63, 3.8) is 0 Å². The second-order valence-corrected chi connectivity index (χ2v) is 19.3. The van der Waals surface area contributed by atoms with Gasteiger partial charge in [0.2, 0.25) is 0 Å². The Morgan fingerprint density at radius 1 is 0.800 bits per heavy atom. The Bertz CT molecular complexity index is 592. The summed E-state index contributed by atoms with van der Waals surface area (Å²) in [5.74, 6) is 5.06. The van der Waals surface area contributed by atoms with Crippen LogP contribution in [0.2, 0.25) is 19.6 Å².